The Hall–Kier alpha value is -5.53. The topological polar surface area (TPSA) is 11.3 Å². The van der Waals surface area contributed by atoms with Crippen LogP contribution in [-0.4, -0.2) is 0 Å². The van der Waals surface area contributed by atoms with Crippen LogP contribution in [-0.2, 0) is 6.42 Å². The predicted octanol–water partition coefficient (Wildman–Crippen LogP) is 14.1. The molecule has 9 rings (SSSR count). The van der Waals surface area contributed by atoms with E-state index in [0.717, 1.165) is 68.5 Å². The number of allylic oxidation sites excluding steroid dienone is 12. The van der Waals surface area contributed by atoms with Crippen LogP contribution >= 0.6 is 0 Å². The number of hydrogen-bond acceptors (Lipinski definition) is 0. The third-order valence-electron chi connectivity index (χ3n) is 11.3. The molecule has 4 aliphatic carbocycles. The highest BCUT2D eigenvalue weighted by molar-refractivity contribution is 5.92. The van der Waals surface area contributed by atoms with Gasteiger partial charge in [0.05, 0.1) is 22.8 Å². The molecule has 0 bridgehead atoms. The van der Waals surface area contributed by atoms with Gasteiger partial charge in [-0.2, -0.15) is 0 Å². The zero-order chi connectivity index (χ0) is 34.7. The molecule has 4 aromatic carbocycles. The van der Waals surface area contributed by atoms with E-state index in [1.165, 1.54) is 74.1 Å². The lowest BCUT2D eigenvalue weighted by atomic mass is 9.75. The number of fused-ring (bicyclic) bond motifs is 2. The van der Waals surface area contributed by atoms with Crippen molar-refractivity contribution in [2.75, 3.05) is 0 Å². The van der Waals surface area contributed by atoms with Crippen LogP contribution < -0.4 is 0 Å². The lowest BCUT2D eigenvalue weighted by Crippen LogP contribution is -2.10. The van der Waals surface area contributed by atoms with E-state index in [-0.39, 0.29) is 0 Å². The summed E-state index contributed by atoms with van der Waals surface area (Å²) in [6, 6.07) is 45.7. The summed E-state index contributed by atoms with van der Waals surface area (Å²) in [5.41, 5.74) is 19.4. The van der Waals surface area contributed by atoms with Crippen LogP contribution in [0.2, 0.25) is 0 Å². The molecule has 52 heavy (non-hydrogen) atoms. The van der Waals surface area contributed by atoms with Gasteiger partial charge in [0.2, 0.25) is 0 Å². The molecule has 0 unspecified atom stereocenters. The van der Waals surface area contributed by atoms with Crippen molar-refractivity contribution in [2.45, 2.75) is 64.2 Å². The number of rotatable bonds is 6. The highest BCUT2D eigenvalue weighted by atomic mass is 16.3. The van der Waals surface area contributed by atoms with Crippen LogP contribution in [0.5, 0.6) is 0 Å². The van der Waals surface area contributed by atoms with Gasteiger partial charge >= 0.3 is 11.5 Å². The van der Waals surface area contributed by atoms with Crippen LogP contribution in [0.1, 0.15) is 80.2 Å². The molecule has 4 aliphatic rings. The van der Waals surface area contributed by atoms with Crippen LogP contribution in [0.3, 0.4) is 0 Å². The second-order valence-corrected chi connectivity index (χ2v) is 14.7. The second-order valence-electron chi connectivity index (χ2n) is 14.7. The third-order valence-corrected chi connectivity index (χ3v) is 11.3. The summed E-state index contributed by atoms with van der Waals surface area (Å²) < 4.78 is 6.87. The Morgan fingerprint density at radius 1 is 0.500 bits per heavy atom. The molecular formula is C51H45O+. The molecule has 0 fully saturated rings. The van der Waals surface area contributed by atoms with Crippen molar-refractivity contribution >= 4 is 16.7 Å². The molecule has 0 aliphatic heterocycles. The van der Waals surface area contributed by atoms with Crippen LogP contribution in [0.15, 0.2) is 184 Å². The minimum Gasteiger partial charge on any atom is -0.207 e. The van der Waals surface area contributed by atoms with Crippen molar-refractivity contribution in [3.8, 4) is 22.5 Å². The molecule has 0 radical (unpaired) electrons. The van der Waals surface area contributed by atoms with E-state index in [0.29, 0.717) is 0 Å². The Bertz CT molecular complexity index is 2290. The Balaban J connectivity index is 1.11. The lowest BCUT2D eigenvalue weighted by Gasteiger charge is -2.30. The van der Waals surface area contributed by atoms with Gasteiger partial charge in [0, 0.05) is 5.56 Å². The van der Waals surface area contributed by atoms with E-state index >= 15 is 0 Å². The standard InChI is InChI=1S/C51H45O/c1-5-18-38(19-6-1)44-33-47(39-20-7-2-8-21-39)45-28-14-26-42(48(45)34-44)31-36-16-13-17-37(30-36)32-43-27-15-29-46-49(40-22-9-3-10-23-40)35-50(52-51(43)46)41-24-11-4-12-25-41/h1-12,18-25,30-33,35H,13-17,26-29,34H2/q+1. The maximum absolute atomic E-state index is 6.87. The van der Waals surface area contributed by atoms with Gasteiger partial charge in [-0.15, -0.1) is 0 Å². The highest BCUT2D eigenvalue weighted by Crippen LogP contribution is 2.46. The quantitative estimate of drug-likeness (QED) is 0.163. The summed E-state index contributed by atoms with van der Waals surface area (Å²) >= 11 is 0. The van der Waals surface area contributed by atoms with Gasteiger partial charge in [-0.05, 0) is 144 Å². The Kier molecular flexibility index (Phi) is 9.09. The molecule has 254 valence electrons. The van der Waals surface area contributed by atoms with Gasteiger partial charge in [0.15, 0.2) is 0 Å². The SMILES string of the molecule is C1=C(C=C2CCCc3c(-c4ccccc4)cc(-c4ccccc4)[o+]c32)CCCC1=CC1=C2CC(c3ccccc3)=CC(c3ccccc3)=C2CCC1. The molecule has 1 heterocycles. The van der Waals surface area contributed by atoms with Gasteiger partial charge < -0.3 is 0 Å². The van der Waals surface area contributed by atoms with Crippen molar-refractivity contribution in [1.29, 1.82) is 0 Å². The normalized spacial score (nSPS) is 18.9. The molecule has 0 spiro atoms. The summed E-state index contributed by atoms with van der Waals surface area (Å²) in [5.74, 6) is 2.01. The highest BCUT2D eigenvalue weighted by Gasteiger charge is 2.32. The van der Waals surface area contributed by atoms with Crippen molar-refractivity contribution in [3.05, 3.63) is 202 Å². The van der Waals surface area contributed by atoms with E-state index < -0.39 is 0 Å². The fraction of sp³-hybridized carbons (Fsp3) is 0.196. The van der Waals surface area contributed by atoms with E-state index in [1.54, 1.807) is 11.1 Å². The summed E-state index contributed by atoms with van der Waals surface area (Å²) in [5, 5.41) is 0. The van der Waals surface area contributed by atoms with Crippen LogP contribution in [0.4, 0.5) is 0 Å². The van der Waals surface area contributed by atoms with Crippen molar-refractivity contribution in [3.63, 3.8) is 0 Å². The molecule has 0 N–H and O–H groups in total. The van der Waals surface area contributed by atoms with E-state index in [1.807, 2.05) is 0 Å². The largest absolute Gasteiger partial charge is 0.361 e. The summed E-state index contributed by atoms with van der Waals surface area (Å²) in [6.07, 6.45) is 21.2. The van der Waals surface area contributed by atoms with Gasteiger partial charge in [0.1, 0.15) is 0 Å². The van der Waals surface area contributed by atoms with Crippen molar-refractivity contribution < 1.29 is 4.42 Å². The Morgan fingerprint density at radius 3 is 1.87 bits per heavy atom. The van der Waals surface area contributed by atoms with E-state index in [4.69, 9.17) is 4.42 Å². The fourth-order valence-corrected chi connectivity index (χ4v) is 8.77. The maximum Gasteiger partial charge on any atom is 0.361 e. The second kappa shape index (κ2) is 14.6. The van der Waals surface area contributed by atoms with Crippen molar-refractivity contribution in [2.24, 2.45) is 0 Å². The molecule has 0 amide bonds. The summed E-state index contributed by atoms with van der Waals surface area (Å²) in [4.78, 5) is 0. The molecule has 0 atom stereocenters. The maximum atomic E-state index is 6.87. The zero-order valence-corrected chi connectivity index (χ0v) is 29.9. The molecule has 5 aromatic rings. The van der Waals surface area contributed by atoms with Crippen molar-refractivity contribution in [1.82, 2.24) is 0 Å². The third kappa shape index (κ3) is 6.64. The lowest BCUT2D eigenvalue weighted by molar-refractivity contribution is 0.529. The number of hydrogen-bond donors (Lipinski definition) is 0. The van der Waals surface area contributed by atoms with Gasteiger partial charge in [0.25, 0.3) is 0 Å². The van der Waals surface area contributed by atoms with E-state index in [9.17, 15) is 0 Å². The molecule has 0 saturated carbocycles. The van der Waals surface area contributed by atoms with Gasteiger partial charge in [-0.25, -0.2) is 4.42 Å². The van der Waals surface area contributed by atoms with Gasteiger partial charge in [-0.3, -0.25) is 0 Å². The van der Waals surface area contributed by atoms with E-state index in [2.05, 4.69) is 152 Å². The molecule has 1 aromatic heterocycles. The van der Waals surface area contributed by atoms with Crippen LogP contribution in [0.25, 0.3) is 39.2 Å². The Morgan fingerprint density at radius 2 is 1.13 bits per heavy atom. The summed E-state index contributed by atoms with van der Waals surface area (Å²) in [7, 11) is 0. The average molecular weight is 674 g/mol. The number of benzene rings is 4. The monoisotopic (exact) mass is 673 g/mol. The first-order valence-electron chi connectivity index (χ1n) is 19.3. The first-order valence-corrected chi connectivity index (χ1v) is 19.3. The minimum absolute atomic E-state index is 0.935. The molecule has 1 heteroatoms. The molecular weight excluding hydrogens is 629 g/mol. The first-order chi connectivity index (χ1) is 25.8. The van der Waals surface area contributed by atoms with Crippen LogP contribution in [0, 0.1) is 0 Å². The smallest absolute Gasteiger partial charge is 0.207 e. The first kappa shape index (κ1) is 32.4. The summed E-state index contributed by atoms with van der Waals surface area (Å²) in [6.45, 7) is 0. The molecule has 0 saturated heterocycles. The fourth-order valence-electron chi connectivity index (χ4n) is 8.77. The van der Waals surface area contributed by atoms with Gasteiger partial charge in [-0.1, -0.05) is 121 Å². The molecule has 1 nitrogen and oxygen atoms in total. The zero-order valence-electron chi connectivity index (χ0n) is 29.9. The predicted molar refractivity (Wildman–Crippen MR) is 218 cm³/mol. The average Bonchev–Trinajstić information content (AvgIpc) is 3.22. The Labute approximate surface area is 308 Å². The minimum atomic E-state index is 0.935.